The predicted octanol–water partition coefficient (Wildman–Crippen LogP) is 5.77. The Morgan fingerprint density at radius 1 is 1.09 bits per heavy atom. The highest BCUT2D eigenvalue weighted by Gasteiger charge is 2.37. The van der Waals surface area contributed by atoms with Crippen LogP contribution in [0.4, 0.5) is 28.0 Å². The minimum Gasteiger partial charge on any atom is -0.450 e. The van der Waals surface area contributed by atoms with Crippen molar-refractivity contribution in [3.63, 3.8) is 0 Å². The van der Waals surface area contributed by atoms with Gasteiger partial charge in [0.2, 0.25) is 0 Å². The zero-order valence-corrected chi connectivity index (χ0v) is 24.9. The molecule has 0 spiro atoms. The van der Waals surface area contributed by atoms with Gasteiger partial charge in [-0.2, -0.15) is 18.3 Å². The van der Waals surface area contributed by atoms with Gasteiger partial charge >= 0.3 is 12.3 Å². The number of ether oxygens (including phenoxy) is 1. The van der Waals surface area contributed by atoms with Crippen molar-refractivity contribution >= 4 is 17.7 Å². The molecule has 2 unspecified atom stereocenters. The summed E-state index contributed by atoms with van der Waals surface area (Å²) in [5, 5.41) is 8.44. The van der Waals surface area contributed by atoms with Gasteiger partial charge in [-0.3, -0.25) is 9.78 Å². The molecule has 0 bridgehead atoms. The van der Waals surface area contributed by atoms with E-state index in [4.69, 9.17) is 16.2 Å². The summed E-state index contributed by atoms with van der Waals surface area (Å²) in [4.78, 5) is 29.6. The molecule has 2 aromatic carbocycles. The van der Waals surface area contributed by atoms with E-state index in [2.05, 4.69) is 20.7 Å². The highest BCUT2D eigenvalue weighted by atomic mass is 19.4. The smallest absolute Gasteiger partial charge is 0.435 e. The molecule has 1 aliphatic rings. The summed E-state index contributed by atoms with van der Waals surface area (Å²) in [5.74, 6) is -1.32. The average molecular weight is 640 g/mol. The van der Waals surface area contributed by atoms with Gasteiger partial charge in [0.05, 0.1) is 23.5 Å². The summed E-state index contributed by atoms with van der Waals surface area (Å²) in [6.07, 6.45) is 0.0670. The van der Waals surface area contributed by atoms with Crippen molar-refractivity contribution in [1.29, 1.82) is 0 Å². The Hall–Kier alpha value is -4.82. The van der Waals surface area contributed by atoms with Gasteiger partial charge in [0, 0.05) is 18.5 Å². The van der Waals surface area contributed by atoms with E-state index in [0.717, 1.165) is 30.0 Å². The second kappa shape index (κ2) is 13.3. The number of aromatic nitrogens is 3. The van der Waals surface area contributed by atoms with Gasteiger partial charge < -0.3 is 26.8 Å². The molecule has 2 amide bonds. The number of alkyl carbamates (subject to hydrolysis) is 1. The number of amides is 2. The van der Waals surface area contributed by atoms with E-state index in [1.54, 1.807) is 25.4 Å². The van der Waals surface area contributed by atoms with Crippen LogP contribution >= 0.6 is 0 Å². The lowest BCUT2D eigenvalue weighted by Crippen LogP contribution is -2.38. The summed E-state index contributed by atoms with van der Waals surface area (Å²) in [5.41, 5.74) is 11.3. The van der Waals surface area contributed by atoms with Crippen molar-refractivity contribution in [2.24, 2.45) is 17.4 Å². The lowest BCUT2D eigenvalue weighted by Gasteiger charge is -2.31. The van der Waals surface area contributed by atoms with Crippen molar-refractivity contribution in [2.45, 2.75) is 50.5 Å². The maximum absolute atomic E-state index is 15.2. The largest absolute Gasteiger partial charge is 0.450 e. The summed E-state index contributed by atoms with van der Waals surface area (Å²) < 4.78 is 62.1. The number of carbonyl (C=O) groups excluding carboxylic acids is 2. The Kier molecular flexibility index (Phi) is 9.39. The van der Waals surface area contributed by atoms with Crippen molar-refractivity contribution in [3.8, 4) is 5.69 Å². The Labute approximate surface area is 262 Å². The van der Waals surface area contributed by atoms with Crippen LogP contribution in [0, 0.1) is 11.7 Å². The zero-order chi connectivity index (χ0) is 33.1. The maximum Gasteiger partial charge on any atom is 0.435 e. The van der Waals surface area contributed by atoms with E-state index in [1.165, 1.54) is 36.4 Å². The van der Waals surface area contributed by atoms with Gasteiger partial charge in [-0.15, -0.1) is 0 Å². The normalized spacial score (nSPS) is 15.1. The molecule has 0 radical (unpaired) electrons. The second-order valence-electron chi connectivity index (χ2n) is 11.1. The number of pyridine rings is 1. The van der Waals surface area contributed by atoms with E-state index < -0.39 is 47.1 Å². The van der Waals surface area contributed by atoms with E-state index in [1.807, 2.05) is 6.07 Å². The van der Waals surface area contributed by atoms with E-state index in [0.29, 0.717) is 35.1 Å². The molecule has 5 rings (SSSR count). The third-order valence-corrected chi connectivity index (χ3v) is 7.81. The topological polar surface area (TPSA) is 150 Å². The first-order valence-corrected chi connectivity index (χ1v) is 14.7. The van der Waals surface area contributed by atoms with Crippen LogP contribution in [0.25, 0.3) is 5.69 Å². The highest BCUT2D eigenvalue weighted by Crippen LogP contribution is 2.40. The number of nitrogens with zero attached hydrogens (tertiary/aromatic N) is 3. The number of hydrogen-bond acceptors (Lipinski definition) is 7. The van der Waals surface area contributed by atoms with Gasteiger partial charge in [-0.1, -0.05) is 37.1 Å². The number of benzene rings is 2. The van der Waals surface area contributed by atoms with E-state index in [9.17, 15) is 22.8 Å². The van der Waals surface area contributed by atoms with Crippen LogP contribution in [-0.2, 0) is 16.5 Å². The molecular weight excluding hydrogens is 606 g/mol. The molecule has 2 aromatic heterocycles. The minimum atomic E-state index is -4.89. The van der Waals surface area contributed by atoms with E-state index >= 15 is 4.39 Å². The fourth-order valence-corrected chi connectivity index (χ4v) is 5.12. The molecule has 10 nitrogen and oxygen atoms in total. The fraction of sp³-hybridized carbons (Fsp3) is 0.312. The van der Waals surface area contributed by atoms with Crippen LogP contribution in [0.2, 0.25) is 0 Å². The third kappa shape index (κ3) is 7.35. The maximum atomic E-state index is 15.2. The van der Waals surface area contributed by atoms with E-state index in [-0.39, 0.29) is 18.0 Å². The van der Waals surface area contributed by atoms with Gasteiger partial charge in [-0.25, -0.2) is 13.9 Å². The Bertz CT molecular complexity index is 1710. The standard InChI is InChI=1S/C32H33F4N7O3/c1-2-46-30(45)41-28(37)20-5-3-7-23(15-20)43-26(17-27(42-43)32(34,35)36)29(44)40-25-16-21(10-11-24(25)33)31(38,13-12-19-8-9-19)22-6-4-14-39-18-22/h3-7,10-11,14-19,28H,2,8-9,12-13,37-38H2,1H3,(H,40,44)(H,41,45). The number of anilines is 1. The average Bonchev–Trinajstić information content (AvgIpc) is 3.75. The van der Waals surface area contributed by atoms with Crippen molar-refractivity contribution < 1.29 is 31.9 Å². The second-order valence-corrected chi connectivity index (χ2v) is 11.1. The number of hydrogen-bond donors (Lipinski definition) is 4. The number of carbonyl (C=O) groups is 2. The quantitative estimate of drug-likeness (QED) is 0.120. The molecule has 2 heterocycles. The first-order chi connectivity index (χ1) is 21.9. The SMILES string of the molecule is CCOC(=O)NC(N)c1cccc(-n2nc(C(F)(F)F)cc2C(=O)Nc2cc(C(N)(CCC3CC3)c3cccnc3)ccc2F)c1. The first-order valence-electron chi connectivity index (χ1n) is 14.7. The van der Waals surface area contributed by atoms with Crippen LogP contribution in [0.5, 0.6) is 0 Å². The first kappa shape index (κ1) is 32.6. The molecule has 14 heteroatoms. The molecule has 1 saturated carbocycles. The summed E-state index contributed by atoms with van der Waals surface area (Å²) in [7, 11) is 0. The molecule has 242 valence electrons. The predicted molar refractivity (Wildman–Crippen MR) is 161 cm³/mol. The van der Waals surface area contributed by atoms with Crippen molar-refractivity contribution in [3.05, 3.63) is 107 Å². The fourth-order valence-electron chi connectivity index (χ4n) is 5.12. The number of halogens is 4. The van der Waals surface area contributed by atoms with Gasteiger partial charge in [0.15, 0.2) is 5.69 Å². The lowest BCUT2D eigenvalue weighted by molar-refractivity contribution is -0.141. The summed E-state index contributed by atoms with van der Waals surface area (Å²) in [6, 6.07) is 14.0. The van der Waals surface area contributed by atoms with Crippen molar-refractivity contribution in [2.75, 3.05) is 11.9 Å². The number of nitrogens with two attached hydrogens (primary N) is 2. The van der Waals surface area contributed by atoms with Gasteiger partial charge in [-0.05, 0) is 72.7 Å². The third-order valence-electron chi connectivity index (χ3n) is 7.81. The molecule has 6 N–H and O–H groups in total. The molecule has 0 saturated heterocycles. The zero-order valence-electron chi connectivity index (χ0n) is 24.9. The van der Waals surface area contributed by atoms with Crippen LogP contribution in [0.1, 0.15) is 71.6 Å². The summed E-state index contributed by atoms with van der Waals surface area (Å²) >= 11 is 0. The van der Waals surface area contributed by atoms with Gasteiger partial charge in [0.1, 0.15) is 17.7 Å². The van der Waals surface area contributed by atoms with Gasteiger partial charge in [0.25, 0.3) is 5.91 Å². The Balaban J connectivity index is 1.48. The number of nitrogens with one attached hydrogen (secondary N) is 2. The Morgan fingerprint density at radius 2 is 1.87 bits per heavy atom. The van der Waals surface area contributed by atoms with Crippen LogP contribution in [0.3, 0.4) is 0 Å². The van der Waals surface area contributed by atoms with Crippen molar-refractivity contribution in [1.82, 2.24) is 20.1 Å². The molecule has 1 fully saturated rings. The summed E-state index contributed by atoms with van der Waals surface area (Å²) in [6.45, 7) is 1.71. The molecule has 0 aliphatic heterocycles. The highest BCUT2D eigenvalue weighted by molar-refractivity contribution is 6.03. The molecule has 2 atom stereocenters. The number of alkyl halides is 3. The Morgan fingerprint density at radius 3 is 2.54 bits per heavy atom. The van der Waals surface area contributed by atoms with Crippen LogP contribution < -0.4 is 22.1 Å². The van der Waals surface area contributed by atoms with Crippen LogP contribution in [-0.4, -0.2) is 33.4 Å². The molecular formula is C32H33F4N7O3. The minimum absolute atomic E-state index is 0.0334. The molecule has 46 heavy (non-hydrogen) atoms. The monoisotopic (exact) mass is 639 g/mol. The lowest BCUT2D eigenvalue weighted by atomic mass is 9.80. The number of rotatable bonds is 11. The molecule has 1 aliphatic carbocycles. The van der Waals surface area contributed by atoms with Crippen LogP contribution in [0.15, 0.2) is 73.1 Å². The molecule has 4 aromatic rings.